The van der Waals surface area contributed by atoms with Gasteiger partial charge in [-0.25, -0.2) is 14.5 Å². The predicted molar refractivity (Wildman–Crippen MR) is 100 cm³/mol. The van der Waals surface area contributed by atoms with Crippen molar-refractivity contribution in [3.05, 3.63) is 36.0 Å². The SMILES string of the molecule is CCN1C(=O)C(=O)N(CC(=O)N[C@@H](Cc2c[nH]c3ccccc23)C(=O)OC)C1=O. The molecule has 1 aromatic heterocycles. The third-order valence-corrected chi connectivity index (χ3v) is 4.67. The Morgan fingerprint density at radius 1 is 1.14 bits per heavy atom. The van der Waals surface area contributed by atoms with Crippen LogP contribution >= 0.6 is 0 Å². The number of hydrogen-bond donors (Lipinski definition) is 2. The van der Waals surface area contributed by atoms with Crippen molar-refractivity contribution in [1.82, 2.24) is 20.1 Å². The largest absolute Gasteiger partial charge is 0.467 e. The Bertz CT molecular complexity index is 998. The van der Waals surface area contributed by atoms with Gasteiger partial charge in [-0.1, -0.05) is 18.2 Å². The van der Waals surface area contributed by atoms with E-state index in [1.165, 1.54) is 7.11 Å². The number of hydrogen-bond acceptors (Lipinski definition) is 6. The van der Waals surface area contributed by atoms with Crippen molar-refractivity contribution < 1.29 is 28.7 Å². The number of benzene rings is 1. The average Bonchev–Trinajstić information content (AvgIpc) is 3.21. The number of para-hydroxylation sites is 1. The van der Waals surface area contributed by atoms with Gasteiger partial charge < -0.3 is 15.0 Å². The molecule has 1 saturated heterocycles. The molecular formula is C19H20N4O6. The number of ether oxygens (including phenoxy) is 1. The number of nitrogens with zero attached hydrogens (tertiary/aromatic N) is 2. The van der Waals surface area contributed by atoms with Gasteiger partial charge in [-0.05, 0) is 18.6 Å². The predicted octanol–water partition coefficient (Wildman–Crippen LogP) is 0.179. The second-order valence-electron chi connectivity index (χ2n) is 6.43. The summed E-state index contributed by atoms with van der Waals surface area (Å²) in [6.07, 6.45) is 1.88. The molecule has 0 bridgehead atoms. The van der Waals surface area contributed by atoms with Gasteiger partial charge in [0.25, 0.3) is 0 Å². The van der Waals surface area contributed by atoms with E-state index in [0.29, 0.717) is 4.90 Å². The van der Waals surface area contributed by atoms with Gasteiger partial charge in [0, 0.05) is 30.1 Å². The molecule has 2 aromatic rings. The summed E-state index contributed by atoms with van der Waals surface area (Å²) in [5.74, 6) is -3.48. The molecule has 0 unspecified atom stereocenters. The number of urea groups is 1. The van der Waals surface area contributed by atoms with Crippen LogP contribution in [-0.4, -0.2) is 70.7 Å². The molecule has 0 spiro atoms. The summed E-state index contributed by atoms with van der Waals surface area (Å²) < 4.78 is 4.76. The maximum absolute atomic E-state index is 12.4. The smallest absolute Gasteiger partial charge is 0.334 e. The second-order valence-corrected chi connectivity index (χ2v) is 6.43. The van der Waals surface area contributed by atoms with Crippen molar-refractivity contribution in [2.24, 2.45) is 0 Å². The summed E-state index contributed by atoms with van der Waals surface area (Å²) >= 11 is 0. The quantitative estimate of drug-likeness (QED) is 0.388. The number of likely N-dealkylation sites (N-methyl/N-ethyl adjacent to an activating group) is 1. The Morgan fingerprint density at radius 2 is 1.83 bits per heavy atom. The molecule has 2 heterocycles. The van der Waals surface area contributed by atoms with Crippen molar-refractivity contribution in [2.75, 3.05) is 20.2 Å². The number of carbonyl (C=O) groups excluding carboxylic acids is 5. The molecule has 152 valence electrons. The molecule has 1 aliphatic heterocycles. The first-order valence-corrected chi connectivity index (χ1v) is 8.96. The first kappa shape index (κ1) is 20.1. The van der Waals surface area contributed by atoms with E-state index in [1.54, 1.807) is 13.1 Å². The third kappa shape index (κ3) is 3.82. The van der Waals surface area contributed by atoms with Gasteiger partial charge in [-0.3, -0.25) is 19.3 Å². The van der Waals surface area contributed by atoms with Gasteiger partial charge in [-0.2, -0.15) is 0 Å². The minimum Gasteiger partial charge on any atom is -0.467 e. The minimum absolute atomic E-state index is 0.0207. The van der Waals surface area contributed by atoms with E-state index in [1.807, 2.05) is 24.3 Å². The number of imide groups is 2. The van der Waals surface area contributed by atoms with Gasteiger partial charge in [0.2, 0.25) is 5.91 Å². The monoisotopic (exact) mass is 400 g/mol. The van der Waals surface area contributed by atoms with Gasteiger partial charge in [0.05, 0.1) is 7.11 Å². The third-order valence-electron chi connectivity index (χ3n) is 4.67. The molecule has 0 radical (unpaired) electrons. The van der Waals surface area contributed by atoms with Crippen molar-refractivity contribution in [1.29, 1.82) is 0 Å². The summed E-state index contributed by atoms with van der Waals surface area (Å²) in [6.45, 7) is 0.898. The van der Waals surface area contributed by atoms with Crippen LogP contribution in [0.2, 0.25) is 0 Å². The molecule has 1 fully saturated rings. The van der Waals surface area contributed by atoms with Crippen LogP contribution in [0.15, 0.2) is 30.5 Å². The van der Waals surface area contributed by atoms with Crippen molar-refractivity contribution in [3.8, 4) is 0 Å². The molecule has 5 amide bonds. The first-order chi connectivity index (χ1) is 13.9. The minimum atomic E-state index is -1.07. The number of aromatic nitrogens is 1. The lowest BCUT2D eigenvalue weighted by molar-refractivity contribution is -0.146. The normalized spacial score (nSPS) is 15.2. The molecule has 0 aliphatic carbocycles. The van der Waals surface area contributed by atoms with Gasteiger partial charge in [0.15, 0.2) is 0 Å². The van der Waals surface area contributed by atoms with E-state index in [9.17, 15) is 24.0 Å². The van der Waals surface area contributed by atoms with E-state index in [4.69, 9.17) is 4.74 Å². The maximum atomic E-state index is 12.4. The molecular weight excluding hydrogens is 380 g/mol. The fraction of sp³-hybridized carbons (Fsp3) is 0.316. The number of nitrogens with one attached hydrogen (secondary N) is 2. The van der Waals surface area contributed by atoms with E-state index in [0.717, 1.165) is 21.4 Å². The highest BCUT2D eigenvalue weighted by Gasteiger charge is 2.44. The second kappa shape index (κ2) is 8.13. The van der Waals surface area contributed by atoms with Gasteiger partial charge in [0.1, 0.15) is 12.6 Å². The summed E-state index contributed by atoms with van der Waals surface area (Å²) in [6, 6.07) is 5.59. The number of aromatic amines is 1. The number of methoxy groups -OCH3 is 1. The number of rotatable bonds is 7. The highest BCUT2D eigenvalue weighted by atomic mass is 16.5. The molecule has 10 nitrogen and oxygen atoms in total. The van der Waals surface area contributed by atoms with Crippen LogP contribution in [0.1, 0.15) is 12.5 Å². The van der Waals surface area contributed by atoms with E-state index in [-0.39, 0.29) is 13.0 Å². The Labute approximate surface area is 165 Å². The molecule has 1 aromatic carbocycles. The Hall–Kier alpha value is -3.69. The molecule has 10 heteroatoms. The van der Waals surface area contributed by atoms with Crippen LogP contribution in [0.4, 0.5) is 4.79 Å². The lowest BCUT2D eigenvalue weighted by atomic mass is 10.0. The number of amides is 5. The first-order valence-electron chi connectivity index (χ1n) is 8.96. The van der Waals surface area contributed by atoms with Crippen molar-refractivity contribution in [3.63, 3.8) is 0 Å². The van der Waals surface area contributed by atoms with Crippen LogP contribution in [0.5, 0.6) is 0 Å². The zero-order chi connectivity index (χ0) is 21.1. The Morgan fingerprint density at radius 3 is 2.48 bits per heavy atom. The zero-order valence-corrected chi connectivity index (χ0v) is 15.9. The highest BCUT2D eigenvalue weighted by molar-refractivity contribution is 6.45. The lowest BCUT2D eigenvalue weighted by Gasteiger charge is -2.18. The lowest BCUT2D eigenvalue weighted by Crippen LogP contribution is -2.48. The number of H-pyrrole nitrogens is 1. The van der Waals surface area contributed by atoms with Crippen molar-refractivity contribution in [2.45, 2.75) is 19.4 Å². The zero-order valence-electron chi connectivity index (χ0n) is 15.9. The standard InChI is InChI=1S/C19H20N4O6/c1-3-22-16(25)17(26)23(19(22)28)10-15(24)21-14(18(27)29-2)8-11-9-20-13-7-5-4-6-12(11)13/h4-7,9,14,20H,3,8,10H2,1-2H3,(H,21,24)/t14-/m0/s1. The highest BCUT2D eigenvalue weighted by Crippen LogP contribution is 2.19. The number of carbonyl (C=O) groups is 5. The fourth-order valence-corrected chi connectivity index (χ4v) is 3.21. The maximum Gasteiger partial charge on any atom is 0.334 e. The molecule has 1 atom stereocenters. The fourth-order valence-electron chi connectivity index (χ4n) is 3.21. The van der Waals surface area contributed by atoms with Crippen molar-refractivity contribution >= 4 is 40.6 Å². The summed E-state index contributed by atoms with van der Waals surface area (Å²) in [7, 11) is 1.20. The van der Waals surface area contributed by atoms with E-state index in [2.05, 4.69) is 10.3 Å². The summed E-state index contributed by atoms with van der Waals surface area (Å²) in [5, 5.41) is 3.38. The Kier molecular flexibility index (Phi) is 5.62. The number of esters is 1. The summed E-state index contributed by atoms with van der Waals surface area (Å²) in [4.78, 5) is 64.8. The molecule has 2 N–H and O–H groups in total. The van der Waals surface area contributed by atoms with Crippen LogP contribution in [0.3, 0.4) is 0 Å². The average molecular weight is 400 g/mol. The molecule has 29 heavy (non-hydrogen) atoms. The summed E-state index contributed by atoms with van der Waals surface area (Å²) in [5.41, 5.74) is 1.67. The van der Waals surface area contributed by atoms with Gasteiger partial charge in [-0.15, -0.1) is 0 Å². The molecule has 3 rings (SSSR count). The number of fused-ring (bicyclic) bond motifs is 1. The van der Waals surface area contributed by atoms with Crippen LogP contribution in [-0.2, 0) is 30.3 Å². The molecule has 0 saturated carbocycles. The van der Waals surface area contributed by atoms with E-state index < -0.39 is 42.3 Å². The van der Waals surface area contributed by atoms with Crippen LogP contribution in [0, 0.1) is 0 Å². The van der Waals surface area contributed by atoms with Crippen LogP contribution in [0.25, 0.3) is 10.9 Å². The Balaban J connectivity index is 1.73. The van der Waals surface area contributed by atoms with Crippen LogP contribution < -0.4 is 5.32 Å². The van der Waals surface area contributed by atoms with E-state index >= 15 is 0 Å². The molecule has 1 aliphatic rings. The van der Waals surface area contributed by atoms with Gasteiger partial charge >= 0.3 is 23.8 Å². The topological polar surface area (TPSA) is 129 Å².